The third-order valence-corrected chi connectivity index (χ3v) is 4.72. The molecule has 4 aromatic rings. The van der Waals surface area contributed by atoms with E-state index in [2.05, 4.69) is 65.0 Å². The number of fused-ring (bicyclic) bond motifs is 1. The number of benzene rings is 2. The van der Waals surface area contributed by atoms with Gasteiger partial charge in [-0.3, -0.25) is 4.79 Å². The molecule has 0 saturated heterocycles. The van der Waals surface area contributed by atoms with E-state index in [1.54, 1.807) is 6.20 Å². The Hall–Kier alpha value is -3.07. The quantitative estimate of drug-likeness (QED) is 0.584. The van der Waals surface area contributed by atoms with E-state index in [1.807, 2.05) is 18.2 Å². The van der Waals surface area contributed by atoms with Crippen LogP contribution in [0.1, 0.15) is 18.2 Å². The lowest BCUT2D eigenvalue weighted by Gasteiger charge is -2.14. The number of aryl methyl sites for hydroxylation is 1. The van der Waals surface area contributed by atoms with Crippen LogP contribution in [0.15, 0.2) is 77.7 Å². The summed E-state index contributed by atoms with van der Waals surface area (Å²) in [4.78, 5) is 14.9. The molecule has 2 aromatic carbocycles. The van der Waals surface area contributed by atoms with E-state index in [0.29, 0.717) is 0 Å². The topological polar surface area (TPSA) is 37.8 Å². The van der Waals surface area contributed by atoms with E-state index < -0.39 is 0 Å². The standard InChI is InChI=1S/C22H20N2O/c1-2-18-14-20-21(12-13-23-22(20)25)24(18)15-17-10-6-7-11-19(17)16-8-4-3-5-9-16/h3-14H,2,15H2,1H3,(H,23,25). The van der Waals surface area contributed by atoms with Crippen molar-refractivity contribution in [2.24, 2.45) is 0 Å². The number of rotatable bonds is 4. The van der Waals surface area contributed by atoms with Gasteiger partial charge in [0.2, 0.25) is 0 Å². The Balaban J connectivity index is 1.86. The molecule has 0 saturated carbocycles. The molecule has 0 fully saturated rings. The average Bonchev–Trinajstić information content (AvgIpc) is 3.02. The summed E-state index contributed by atoms with van der Waals surface area (Å²) in [5, 5.41) is 0.761. The summed E-state index contributed by atoms with van der Waals surface area (Å²) in [6.07, 6.45) is 2.62. The molecular weight excluding hydrogens is 308 g/mol. The van der Waals surface area contributed by atoms with Crippen LogP contribution >= 0.6 is 0 Å². The van der Waals surface area contributed by atoms with Crippen molar-refractivity contribution >= 4 is 10.9 Å². The van der Waals surface area contributed by atoms with Gasteiger partial charge in [-0.1, -0.05) is 61.5 Å². The van der Waals surface area contributed by atoms with Crippen LogP contribution in [-0.2, 0) is 13.0 Å². The van der Waals surface area contributed by atoms with Crippen molar-refractivity contribution in [3.63, 3.8) is 0 Å². The monoisotopic (exact) mass is 328 g/mol. The number of aromatic nitrogens is 2. The average molecular weight is 328 g/mol. The molecular formula is C22H20N2O. The predicted molar refractivity (Wildman–Crippen MR) is 103 cm³/mol. The SMILES string of the molecule is CCc1cc2c(=O)[nH]ccc2n1Cc1ccccc1-c1ccccc1. The lowest BCUT2D eigenvalue weighted by molar-refractivity contribution is 0.777. The van der Waals surface area contributed by atoms with Crippen molar-refractivity contribution in [2.75, 3.05) is 0 Å². The Kier molecular flexibility index (Phi) is 3.98. The Morgan fingerprint density at radius 1 is 0.960 bits per heavy atom. The molecule has 0 spiro atoms. The van der Waals surface area contributed by atoms with Gasteiger partial charge >= 0.3 is 0 Å². The van der Waals surface area contributed by atoms with Gasteiger partial charge in [-0.15, -0.1) is 0 Å². The molecule has 25 heavy (non-hydrogen) atoms. The fourth-order valence-corrected chi connectivity index (χ4v) is 3.46. The summed E-state index contributed by atoms with van der Waals surface area (Å²) in [5.74, 6) is 0. The van der Waals surface area contributed by atoms with Gasteiger partial charge in [-0.25, -0.2) is 0 Å². The largest absolute Gasteiger partial charge is 0.340 e. The second kappa shape index (κ2) is 6.44. The summed E-state index contributed by atoms with van der Waals surface area (Å²) in [5.41, 5.74) is 5.84. The van der Waals surface area contributed by atoms with Crippen molar-refractivity contribution in [3.8, 4) is 11.1 Å². The van der Waals surface area contributed by atoms with Gasteiger partial charge in [0.15, 0.2) is 0 Å². The minimum atomic E-state index is -0.0257. The maximum atomic E-state index is 12.1. The summed E-state index contributed by atoms with van der Waals surface area (Å²) in [7, 11) is 0. The van der Waals surface area contributed by atoms with Crippen LogP contribution < -0.4 is 5.56 Å². The highest BCUT2D eigenvalue weighted by Crippen LogP contribution is 2.26. The summed E-state index contributed by atoms with van der Waals surface area (Å²) >= 11 is 0. The molecule has 0 atom stereocenters. The predicted octanol–water partition coefficient (Wildman–Crippen LogP) is 4.61. The number of aromatic amines is 1. The number of nitrogens with zero attached hydrogens (tertiary/aromatic N) is 1. The van der Waals surface area contributed by atoms with Crippen molar-refractivity contribution in [2.45, 2.75) is 19.9 Å². The van der Waals surface area contributed by atoms with Gasteiger partial charge in [0.1, 0.15) is 0 Å². The van der Waals surface area contributed by atoms with E-state index in [0.717, 1.165) is 23.9 Å². The third kappa shape index (κ3) is 2.78. The minimum Gasteiger partial charge on any atom is -0.340 e. The number of nitrogens with one attached hydrogen (secondary N) is 1. The van der Waals surface area contributed by atoms with E-state index in [-0.39, 0.29) is 5.56 Å². The van der Waals surface area contributed by atoms with E-state index >= 15 is 0 Å². The molecule has 3 nitrogen and oxygen atoms in total. The third-order valence-electron chi connectivity index (χ3n) is 4.72. The van der Waals surface area contributed by atoms with Gasteiger partial charge in [0, 0.05) is 18.4 Å². The lowest BCUT2D eigenvalue weighted by atomic mass is 9.99. The van der Waals surface area contributed by atoms with Crippen molar-refractivity contribution in [1.82, 2.24) is 9.55 Å². The first-order valence-corrected chi connectivity index (χ1v) is 8.61. The molecule has 1 N–H and O–H groups in total. The number of hydrogen-bond acceptors (Lipinski definition) is 1. The molecule has 0 radical (unpaired) electrons. The van der Waals surface area contributed by atoms with E-state index in [4.69, 9.17) is 0 Å². The maximum absolute atomic E-state index is 12.1. The molecule has 0 aliphatic rings. The highest BCUT2D eigenvalue weighted by atomic mass is 16.1. The lowest BCUT2D eigenvalue weighted by Crippen LogP contribution is -2.07. The number of pyridine rings is 1. The van der Waals surface area contributed by atoms with Gasteiger partial charge in [-0.2, -0.15) is 0 Å². The molecule has 124 valence electrons. The summed E-state index contributed by atoms with van der Waals surface area (Å²) < 4.78 is 2.26. The zero-order valence-electron chi connectivity index (χ0n) is 14.2. The van der Waals surface area contributed by atoms with Gasteiger partial charge in [0.05, 0.1) is 10.9 Å². The highest BCUT2D eigenvalue weighted by Gasteiger charge is 2.12. The zero-order valence-corrected chi connectivity index (χ0v) is 14.2. The Labute approximate surface area is 146 Å². The van der Waals surface area contributed by atoms with Crippen LogP contribution in [0.5, 0.6) is 0 Å². The second-order valence-corrected chi connectivity index (χ2v) is 6.20. The second-order valence-electron chi connectivity index (χ2n) is 6.20. The molecule has 2 heterocycles. The highest BCUT2D eigenvalue weighted by molar-refractivity contribution is 5.80. The fraction of sp³-hybridized carbons (Fsp3) is 0.136. The molecule has 0 aliphatic carbocycles. The molecule has 0 amide bonds. The minimum absolute atomic E-state index is 0.0257. The van der Waals surface area contributed by atoms with Gasteiger partial charge < -0.3 is 9.55 Å². The van der Waals surface area contributed by atoms with Crippen LogP contribution in [-0.4, -0.2) is 9.55 Å². The molecule has 0 bridgehead atoms. The summed E-state index contributed by atoms with van der Waals surface area (Å²) in [6.45, 7) is 2.88. The molecule has 0 aliphatic heterocycles. The van der Waals surface area contributed by atoms with Crippen LogP contribution in [0.2, 0.25) is 0 Å². The van der Waals surface area contributed by atoms with Crippen LogP contribution in [0, 0.1) is 0 Å². The van der Waals surface area contributed by atoms with Crippen LogP contribution in [0.4, 0.5) is 0 Å². The number of hydrogen-bond donors (Lipinski definition) is 1. The normalized spacial score (nSPS) is 11.1. The molecule has 4 rings (SSSR count). The Morgan fingerprint density at radius 3 is 2.52 bits per heavy atom. The first kappa shape index (κ1) is 15.5. The van der Waals surface area contributed by atoms with Crippen molar-refractivity contribution < 1.29 is 0 Å². The first-order chi connectivity index (χ1) is 12.3. The molecule has 3 heteroatoms. The Morgan fingerprint density at radius 2 is 1.72 bits per heavy atom. The van der Waals surface area contributed by atoms with E-state index in [1.165, 1.54) is 22.4 Å². The van der Waals surface area contributed by atoms with Gasteiger partial charge in [0.25, 0.3) is 5.56 Å². The smallest absolute Gasteiger partial charge is 0.257 e. The van der Waals surface area contributed by atoms with E-state index in [9.17, 15) is 4.79 Å². The zero-order chi connectivity index (χ0) is 17.2. The van der Waals surface area contributed by atoms with Crippen molar-refractivity contribution in [1.29, 1.82) is 0 Å². The van der Waals surface area contributed by atoms with Crippen molar-refractivity contribution in [3.05, 3.63) is 94.5 Å². The summed E-state index contributed by atoms with van der Waals surface area (Å²) in [6, 6.07) is 22.9. The molecule has 2 aromatic heterocycles. The maximum Gasteiger partial charge on any atom is 0.257 e. The number of H-pyrrole nitrogens is 1. The first-order valence-electron chi connectivity index (χ1n) is 8.61. The molecule has 0 unspecified atom stereocenters. The Bertz CT molecular complexity index is 1070. The van der Waals surface area contributed by atoms with Crippen LogP contribution in [0.3, 0.4) is 0 Å². The van der Waals surface area contributed by atoms with Crippen LogP contribution in [0.25, 0.3) is 22.0 Å². The fourth-order valence-electron chi connectivity index (χ4n) is 3.46. The van der Waals surface area contributed by atoms with Gasteiger partial charge in [-0.05, 0) is 35.2 Å².